The molecule has 0 saturated carbocycles. The normalized spacial score (nSPS) is 9.70. The minimum absolute atomic E-state index is 0.0575. The van der Waals surface area contributed by atoms with Crippen LogP contribution in [0.15, 0.2) is 24.3 Å². The van der Waals surface area contributed by atoms with Crippen LogP contribution in [-0.4, -0.2) is 44.2 Å². The number of methoxy groups -OCH3 is 2. The van der Waals surface area contributed by atoms with Crippen molar-refractivity contribution < 1.29 is 19.1 Å². The summed E-state index contributed by atoms with van der Waals surface area (Å²) in [6, 6.07) is 6.89. The van der Waals surface area contributed by atoms with E-state index in [4.69, 9.17) is 18.0 Å². The molecule has 0 saturated heterocycles. The number of hydrogen-bond donors (Lipinski definition) is 1. The van der Waals surface area contributed by atoms with Gasteiger partial charge in [0.15, 0.2) is 0 Å². The maximum absolute atomic E-state index is 11.4. The number of anilines is 1. The number of ether oxygens (including phenoxy) is 2. The Labute approximate surface area is 122 Å². The number of carbonyl (C=O) groups excluding carboxylic acids is 2. The van der Waals surface area contributed by atoms with Crippen LogP contribution in [0, 0.1) is 0 Å². The molecule has 20 heavy (non-hydrogen) atoms. The van der Waals surface area contributed by atoms with Gasteiger partial charge >= 0.3 is 11.9 Å². The molecule has 0 atom stereocenters. The van der Waals surface area contributed by atoms with Crippen LogP contribution in [0.1, 0.15) is 5.56 Å². The first-order valence-electron chi connectivity index (χ1n) is 5.76. The molecule has 0 aromatic heterocycles. The first-order chi connectivity index (χ1) is 9.47. The topological polar surface area (TPSA) is 81.9 Å². The predicted molar refractivity (Wildman–Crippen MR) is 78.6 cm³/mol. The highest BCUT2D eigenvalue weighted by atomic mass is 32.1. The molecule has 0 unspecified atom stereocenters. The highest BCUT2D eigenvalue weighted by Gasteiger charge is 2.16. The zero-order valence-electron chi connectivity index (χ0n) is 11.3. The van der Waals surface area contributed by atoms with Gasteiger partial charge in [-0.15, -0.1) is 0 Å². The molecule has 0 aliphatic carbocycles. The molecular weight excluding hydrogens is 280 g/mol. The smallest absolute Gasteiger partial charge is 0.325 e. The summed E-state index contributed by atoms with van der Waals surface area (Å²) in [6.45, 7) is -0.115. The number of thiocarbonyl (C=S) groups is 1. The maximum atomic E-state index is 11.4. The molecule has 6 nitrogen and oxygen atoms in total. The Morgan fingerprint density at radius 2 is 1.55 bits per heavy atom. The van der Waals surface area contributed by atoms with Gasteiger partial charge in [-0.05, 0) is 24.3 Å². The molecule has 1 aromatic rings. The number of esters is 2. The molecule has 0 aliphatic heterocycles. The Bertz CT molecular complexity index is 484. The Balaban J connectivity index is 2.93. The van der Waals surface area contributed by atoms with E-state index in [0.717, 1.165) is 0 Å². The van der Waals surface area contributed by atoms with Gasteiger partial charge in [0.25, 0.3) is 0 Å². The highest BCUT2D eigenvalue weighted by Crippen LogP contribution is 2.15. The summed E-state index contributed by atoms with van der Waals surface area (Å²) in [6.07, 6.45) is 0. The molecule has 2 N–H and O–H groups in total. The predicted octanol–water partition coefficient (Wildman–Crippen LogP) is 0.473. The van der Waals surface area contributed by atoms with Gasteiger partial charge in [0.1, 0.15) is 18.1 Å². The van der Waals surface area contributed by atoms with Crippen molar-refractivity contribution in [3.05, 3.63) is 29.8 Å². The zero-order chi connectivity index (χ0) is 15.1. The van der Waals surface area contributed by atoms with Crippen molar-refractivity contribution >= 4 is 34.8 Å². The van der Waals surface area contributed by atoms with E-state index in [0.29, 0.717) is 11.3 Å². The van der Waals surface area contributed by atoms with E-state index in [1.807, 2.05) is 0 Å². The van der Waals surface area contributed by atoms with Crippen LogP contribution in [0.25, 0.3) is 0 Å². The Morgan fingerprint density at radius 1 is 1.10 bits per heavy atom. The van der Waals surface area contributed by atoms with Crippen LogP contribution in [-0.2, 0) is 19.1 Å². The molecular formula is C13H16N2O4S. The molecule has 1 aromatic carbocycles. The van der Waals surface area contributed by atoms with Crippen LogP contribution in [0.2, 0.25) is 0 Å². The molecule has 0 spiro atoms. The van der Waals surface area contributed by atoms with Crippen molar-refractivity contribution in [1.29, 1.82) is 0 Å². The largest absolute Gasteiger partial charge is 0.468 e. The lowest BCUT2D eigenvalue weighted by molar-refractivity contribution is -0.140. The zero-order valence-corrected chi connectivity index (χ0v) is 12.1. The van der Waals surface area contributed by atoms with Crippen molar-refractivity contribution in [3.63, 3.8) is 0 Å². The number of hydrogen-bond acceptors (Lipinski definition) is 6. The summed E-state index contributed by atoms with van der Waals surface area (Å²) >= 11 is 4.86. The van der Waals surface area contributed by atoms with E-state index in [1.165, 1.54) is 14.2 Å². The number of carbonyl (C=O) groups is 2. The van der Waals surface area contributed by atoms with Crippen molar-refractivity contribution in [3.8, 4) is 0 Å². The summed E-state index contributed by atoms with van der Waals surface area (Å²) in [5.74, 6) is -0.903. The lowest BCUT2D eigenvalue weighted by Gasteiger charge is -2.22. The van der Waals surface area contributed by atoms with Gasteiger partial charge in [-0.3, -0.25) is 9.59 Å². The number of rotatable bonds is 6. The third-order valence-corrected chi connectivity index (χ3v) is 2.85. The third kappa shape index (κ3) is 4.51. The monoisotopic (exact) mass is 296 g/mol. The van der Waals surface area contributed by atoms with E-state index in [1.54, 1.807) is 29.2 Å². The average molecular weight is 296 g/mol. The molecule has 7 heteroatoms. The van der Waals surface area contributed by atoms with Gasteiger partial charge in [0.2, 0.25) is 0 Å². The summed E-state index contributed by atoms with van der Waals surface area (Å²) in [4.78, 5) is 24.6. The lowest BCUT2D eigenvalue weighted by Crippen LogP contribution is -2.35. The van der Waals surface area contributed by atoms with Crippen LogP contribution < -0.4 is 10.6 Å². The molecule has 0 radical (unpaired) electrons. The summed E-state index contributed by atoms with van der Waals surface area (Å²) in [5, 5.41) is 0. The fourth-order valence-electron chi connectivity index (χ4n) is 1.52. The van der Waals surface area contributed by atoms with Crippen LogP contribution >= 0.6 is 12.2 Å². The fourth-order valence-corrected chi connectivity index (χ4v) is 1.65. The van der Waals surface area contributed by atoms with Gasteiger partial charge in [0, 0.05) is 11.3 Å². The summed E-state index contributed by atoms with van der Waals surface area (Å²) < 4.78 is 9.21. The van der Waals surface area contributed by atoms with Gasteiger partial charge in [-0.25, -0.2) is 0 Å². The lowest BCUT2D eigenvalue weighted by atomic mass is 10.2. The fraction of sp³-hybridized carbons (Fsp3) is 0.308. The van der Waals surface area contributed by atoms with E-state index in [2.05, 4.69) is 9.47 Å². The summed E-state index contributed by atoms with van der Waals surface area (Å²) in [7, 11) is 2.57. The summed E-state index contributed by atoms with van der Waals surface area (Å²) in [5.41, 5.74) is 6.89. The first-order valence-corrected chi connectivity index (χ1v) is 6.17. The van der Waals surface area contributed by atoms with E-state index < -0.39 is 11.9 Å². The minimum Gasteiger partial charge on any atom is -0.468 e. The Morgan fingerprint density at radius 3 is 1.90 bits per heavy atom. The van der Waals surface area contributed by atoms with Gasteiger partial charge in [0.05, 0.1) is 14.2 Å². The number of nitrogens with two attached hydrogens (primary N) is 1. The molecule has 1 rings (SSSR count). The van der Waals surface area contributed by atoms with Crippen molar-refractivity contribution in [1.82, 2.24) is 0 Å². The van der Waals surface area contributed by atoms with Crippen molar-refractivity contribution in [2.75, 3.05) is 32.2 Å². The standard InChI is InChI=1S/C13H16N2O4S/c1-18-11(16)7-15(8-12(17)19-2)10-5-3-9(4-6-10)13(14)20/h3-6H,7-8H2,1-2H3,(H2,14,20). The van der Waals surface area contributed by atoms with Crippen molar-refractivity contribution in [2.24, 2.45) is 5.73 Å². The molecule has 0 amide bonds. The quantitative estimate of drug-likeness (QED) is 0.603. The molecule has 0 heterocycles. The van der Waals surface area contributed by atoms with E-state index in [9.17, 15) is 9.59 Å². The average Bonchev–Trinajstić information content (AvgIpc) is 2.46. The maximum Gasteiger partial charge on any atom is 0.325 e. The third-order valence-electron chi connectivity index (χ3n) is 2.61. The van der Waals surface area contributed by atoms with Crippen LogP contribution in [0.5, 0.6) is 0 Å². The molecule has 108 valence electrons. The second-order valence-corrected chi connectivity index (χ2v) is 4.36. The number of nitrogens with zero attached hydrogens (tertiary/aromatic N) is 1. The second-order valence-electron chi connectivity index (χ2n) is 3.92. The molecule has 0 aliphatic rings. The SMILES string of the molecule is COC(=O)CN(CC(=O)OC)c1ccc(C(N)=S)cc1. The van der Waals surface area contributed by atoms with Crippen molar-refractivity contribution in [2.45, 2.75) is 0 Å². The molecule has 0 bridgehead atoms. The molecule has 0 fully saturated rings. The van der Waals surface area contributed by atoms with Gasteiger partial charge in [-0.1, -0.05) is 12.2 Å². The Kier molecular flexibility index (Phi) is 5.92. The highest BCUT2D eigenvalue weighted by molar-refractivity contribution is 7.80. The number of benzene rings is 1. The van der Waals surface area contributed by atoms with Gasteiger partial charge in [-0.2, -0.15) is 0 Å². The van der Waals surface area contributed by atoms with E-state index >= 15 is 0 Å². The second kappa shape index (κ2) is 7.44. The van der Waals surface area contributed by atoms with Crippen LogP contribution in [0.4, 0.5) is 5.69 Å². The minimum atomic E-state index is -0.452. The van der Waals surface area contributed by atoms with Crippen LogP contribution in [0.3, 0.4) is 0 Å². The first kappa shape index (κ1) is 15.9. The van der Waals surface area contributed by atoms with E-state index in [-0.39, 0.29) is 18.1 Å². The van der Waals surface area contributed by atoms with Gasteiger partial charge < -0.3 is 20.1 Å². The Hall–Kier alpha value is -2.15.